The van der Waals surface area contributed by atoms with Gasteiger partial charge in [-0.3, -0.25) is 0 Å². The maximum atomic E-state index is 5.84. The fourth-order valence-electron chi connectivity index (χ4n) is 2.30. The molecule has 0 aliphatic carbocycles. The van der Waals surface area contributed by atoms with Crippen LogP contribution in [0.25, 0.3) is 0 Å². The number of methoxy groups -OCH3 is 1. The smallest absolute Gasteiger partial charge is 0.205 e. The van der Waals surface area contributed by atoms with Crippen molar-refractivity contribution >= 4 is 16.7 Å². The summed E-state index contributed by atoms with van der Waals surface area (Å²) in [5.74, 6) is 1.55. The van der Waals surface area contributed by atoms with E-state index in [1.54, 1.807) is 7.11 Å². The summed E-state index contributed by atoms with van der Waals surface area (Å²) >= 11 is 1.49. The molecule has 2 atom stereocenters. The Hall–Kier alpha value is -0.720. The van der Waals surface area contributed by atoms with E-state index in [-0.39, 0.29) is 12.2 Å². The van der Waals surface area contributed by atoms with Crippen LogP contribution in [0.3, 0.4) is 0 Å². The molecule has 2 heterocycles. The topological polar surface area (TPSA) is 47.5 Å². The van der Waals surface area contributed by atoms with Gasteiger partial charge >= 0.3 is 0 Å². The molecule has 0 aromatic carbocycles. The minimum absolute atomic E-state index is 0.117. The predicted octanol–water partition coefficient (Wildman–Crippen LogP) is 1.98. The van der Waals surface area contributed by atoms with Crippen molar-refractivity contribution in [3.8, 4) is 0 Å². The van der Waals surface area contributed by atoms with Crippen molar-refractivity contribution < 1.29 is 9.47 Å². The van der Waals surface area contributed by atoms with Crippen molar-refractivity contribution in [2.45, 2.75) is 39.4 Å². The molecule has 1 aliphatic heterocycles. The molecule has 2 rings (SSSR count). The number of hydrogen-bond acceptors (Lipinski definition) is 6. The lowest BCUT2D eigenvalue weighted by molar-refractivity contribution is -0.0511. The molecule has 2 unspecified atom stereocenters. The highest BCUT2D eigenvalue weighted by atomic mass is 32.1. The van der Waals surface area contributed by atoms with E-state index < -0.39 is 0 Å². The van der Waals surface area contributed by atoms with Crippen LogP contribution in [0, 0.1) is 5.92 Å². The lowest BCUT2D eigenvalue weighted by atomic mass is 10.1. The number of aromatic nitrogens is 2. The molecule has 1 saturated heterocycles. The van der Waals surface area contributed by atoms with E-state index in [1.807, 2.05) is 0 Å². The molecule has 0 N–H and O–H groups in total. The molecule has 0 saturated carbocycles. The molecule has 108 valence electrons. The van der Waals surface area contributed by atoms with Gasteiger partial charge in [-0.15, -0.1) is 0 Å². The van der Waals surface area contributed by atoms with E-state index in [0.717, 1.165) is 30.5 Å². The first-order valence-electron chi connectivity index (χ1n) is 6.80. The second kappa shape index (κ2) is 6.63. The van der Waals surface area contributed by atoms with Crippen LogP contribution >= 0.6 is 11.5 Å². The average Bonchev–Trinajstić information content (AvgIpc) is 2.76. The molecule has 0 spiro atoms. The van der Waals surface area contributed by atoms with Crippen LogP contribution in [0.1, 0.15) is 26.6 Å². The summed E-state index contributed by atoms with van der Waals surface area (Å²) in [4.78, 5) is 6.90. The zero-order valence-corrected chi connectivity index (χ0v) is 12.9. The third-order valence-electron chi connectivity index (χ3n) is 3.00. The average molecular weight is 285 g/mol. The minimum atomic E-state index is 0.117. The van der Waals surface area contributed by atoms with Gasteiger partial charge in [0.1, 0.15) is 5.82 Å². The normalized spacial score (nSPS) is 24.2. The Bertz CT molecular complexity index is 397. The Morgan fingerprint density at radius 2 is 2.26 bits per heavy atom. The number of hydrogen-bond donors (Lipinski definition) is 0. The number of morpholine rings is 1. The van der Waals surface area contributed by atoms with Crippen LogP contribution in [0.5, 0.6) is 0 Å². The van der Waals surface area contributed by atoms with Crippen LogP contribution in [0.2, 0.25) is 0 Å². The Morgan fingerprint density at radius 1 is 1.47 bits per heavy atom. The summed E-state index contributed by atoms with van der Waals surface area (Å²) < 4.78 is 15.5. The highest BCUT2D eigenvalue weighted by Gasteiger charge is 2.27. The zero-order valence-electron chi connectivity index (χ0n) is 12.1. The Balaban J connectivity index is 2.01. The Morgan fingerprint density at radius 3 is 2.95 bits per heavy atom. The molecule has 6 heteroatoms. The number of ether oxygens (including phenoxy) is 2. The second-order valence-corrected chi connectivity index (χ2v) is 6.25. The van der Waals surface area contributed by atoms with Gasteiger partial charge in [-0.25, -0.2) is 4.98 Å². The van der Waals surface area contributed by atoms with Gasteiger partial charge in [0, 0.05) is 38.2 Å². The van der Waals surface area contributed by atoms with E-state index in [0.29, 0.717) is 12.5 Å². The highest BCUT2D eigenvalue weighted by Crippen LogP contribution is 2.23. The van der Waals surface area contributed by atoms with Crippen LogP contribution in [-0.2, 0) is 15.9 Å². The van der Waals surface area contributed by atoms with Crippen LogP contribution in [-0.4, -0.2) is 48.4 Å². The molecule has 5 nitrogen and oxygen atoms in total. The van der Waals surface area contributed by atoms with Crippen molar-refractivity contribution in [1.82, 2.24) is 9.36 Å². The van der Waals surface area contributed by atoms with Gasteiger partial charge < -0.3 is 14.4 Å². The number of rotatable bonds is 5. The molecule has 1 fully saturated rings. The van der Waals surface area contributed by atoms with E-state index in [2.05, 4.69) is 35.0 Å². The van der Waals surface area contributed by atoms with E-state index in [4.69, 9.17) is 9.47 Å². The van der Waals surface area contributed by atoms with E-state index >= 15 is 0 Å². The quantitative estimate of drug-likeness (QED) is 0.828. The molecular weight excluding hydrogens is 262 g/mol. The predicted molar refractivity (Wildman–Crippen MR) is 76.9 cm³/mol. The monoisotopic (exact) mass is 285 g/mol. The SMILES string of the molecule is COCC1CN(c2nc(CC(C)C)ns2)CC(C)O1. The lowest BCUT2D eigenvalue weighted by Crippen LogP contribution is -2.48. The van der Waals surface area contributed by atoms with Gasteiger partial charge in [-0.05, 0) is 12.8 Å². The Kier molecular flexibility index (Phi) is 5.13. The second-order valence-electron chi connectivity index (χ2n) is 5.52. The van der Waals surface area contributed by atoms with E-state index in [9.17, 15) is 0 Å². The molecule has 1 aromatic rings. The van der Waals surface area contributed by atoms with Gasteiger partial charge in [-0.2, -0.15) is 4.37 Å². The number of anilines is 1. The molecule has 0 amide bonds. The first-order valence-corrected chi connectivity index (χ1v) is 7.57. The van der Waals surface area contributed by atoms with Crippen molar-refractivity contribution in [2.24, 2.45) is 5.92 Å². The maximum Gasteiger partial charge on any atom is 0.205 e. The summed E-state index contributed by atoms with van der Waals surface area (Å²) in [6.45, 7) is 8.78. The van der Waals surface area contributed by atoms with Crippen LogP contribution in [0.15, 0.2) is 0 Å². The summed E-state index contributed by atoms with van der Waals surface area (Å²) in [7, 11) is 1.71. The first-order chi connectivity index (χ1) is 9.08. The molecule has 0 radical (unpaired) electrons. The largest absolute Gasteiger partial charge is 0.382 e. The van der Waals surface area contributed by atoms with Crippen LogP contribution < -0.4 is 4.90 Å². The lowest BCUT2D eigenvalue weighted by Gasteiger charge is -2.36. The zero-order chi connectivity index (χ0) is 13.8. The fourth-order valence-corrected chi connectivity index (χ4v) is 3.01. The summed E-state index contributed by atoms with van der Waals surface area (Å²) in [5.41, 5.74) is 0. The summed E-state index contributed by atoms with van der Waals surface area (Å²) in [6, 6.07) is 0. The molecule has 1 aromatic heterocycles. The maximum absolute atomic E-state index is 5.84. The Labute approximate surface area is 119 Å². The fraction of sp³-hybridized carbons (Fsp3) is 0.846. The van der Waals surface area contributed by atoms with Crippen molar-refractivity contribution in [2.75, 3.05) is 31.7 Å². The van der Waals surface area contributed by atoms with Gasteiger partial charge in [-0.1, -0.05) is 13.8 Å². The molecule has 1 aliphatic rings. The van der Waals surface area contributed by atoms with Crippen molar-refractivity contribution in [3.63, 3.8) is 0 Å². The molecule has 19 heavy (non-hydrogen) atoms. The van der Waals surface area contributed by atoms with Gasteiger partial charge in [0.25, 0.3) is 0 Å². The van der Waals surface area contributed by atoms with Crippen molar-refractivity contribution in [1.29, 1.82) is 0 Å². The molecule has 0 bridgehead atoms. The van der Waals surface area contributed by atoms with Crippen LogP contribution in [0.4, 0.5) is 5.13 Å². The first kappa shape index (κ1) is 14.7. The van der Waals surface area contributed by atoms with E-state index in [1.165, 1.54) is 11.5 Å². The highest BCUT2D eigenvalue weighted by molar-refractivity contribution is 7.09. The van der Waals surface area contributed by atoms with Gasteiger partial charge in [0.05, 0.1) is 18.8 Å². The van der Waals surface area contributed by atoms with Crippen molar-refractivity contribution in [3.05, 3.63) is 5.82 Å². The standard InChI is InChI=1S/C13H23N3O2S/c1-9(2)5-12-14-13(19-15-12)16-6-10(3)18-11(7-16)8-17-4/h9-11H,5-8H2,1-4H3. The third kappa shape index (κ3) is 4.12. The molecular formula is C13H23N3O2S. The minimum Gasteiger partial charge on any atom is -0.382 e. The summed E-state index contributed by atoms with van der Waals surface area (Å²) in [5, 5.41) is 1.01. The van der Waals surface area contributed by atoms with Gasteiger partial charge in [0.2, 0.25) is 5.13 Å². The third-order valence-corrected chi connectivity index (χ3v) is 3.81. The van der Waals surface area contributed by atoms with Gasteiger partial charge in [0.15, 0.2) is 0 Å². The summed E-state index contributed by atoms with van der Waals surface area (Å²) in [6.07, 6.45) is 1.26. The number of nitrogens with zero attached hydrogens (tertiary/aromatic N) is 3.